The minimum atomic E-state index is -0.621. The van der Waals surface area contributed by atoms with Crippen molar-refractivity contribution in [2.24, 2.45) is 0 Å². The van der Waals surface area contributed by atoms with Gasteiger partial charge in [0.15, 0.2) is 5.82 Å². The summed E-state index contributed by atoms with van der Waals surface area (Å²) in [5.41, 5.74) is 0.878. The van der Waals surface area contributed by atoms with Gasteiger partial charge < -0.3 is 20.4 Å². The summed E-state index contributed by atoms with van der Waals surface area (Å²) >= 11 is 0. The summed E-state index contributed by atoms with van der Waals surface area (Å²) in [5.74, 6) is -0.0833. The third kappa shape index (κ3) is 5.53. The highest BCUT2D eigenvalue weighted by Gasteiger charge is 2.22. The maximum Gasteiger partial charge on any atom is 0.407 e. The van der Waals surface area contributed by atoms with Crippen molar-refractivity contribution in [2.75, 3.05) is 5.32 Å². The van der Waals surface area contributed by atoms with E-state index in [1.807, 2.05) is 10.7 Å². The van der Waals surface area contributed by atoms with Crippen LogP contribution in [-0.4, -0.2) is 26.5 Å². The Balaban J connectivity index is 1.59. The zero-order valence-electron chi connectivity index (χ0n) is 19.2. The predicted molar refractivity (Wildman–Crippen MR) is 125 cm³/mol. The highest BCUT2D eigenvalue weighted by Crippen LogP contribution is 2.33. The number of fused-ring (bicyclic) bond motifs is 1. The summed E-state index contributed by atoms with van der Waals surface area (Å²) in [6, 6.07) is 6.47. The van der Waals surface area contributed by atoms with Gasteiger partial charge in [0.05, 0.1) is 11.6 Å². The van der Waals surface area contributed by atoms with E-state index in [0.717, 1.165) is 31.2 Å². The van der Waals surface area contributed by atoms with Crippen molar-refractivity contribution in [2.45, 2.75) is 71.1 Å². The Labute approximate surface area is 191 Å². The number of nitrogens with zero attached hydrogens (tertiary/aromatic N) is 2. The average molecular weight is 456 g/mol. The SMILES string of the molecule is CC(C)(C)OC(=O)NCc1cc(F)cc(Nc2nn(C3CCCCC3)c3cc[nH]c(=O)c23)c1. The fraction of sp³-hybridized carbons (Fsp3) is 0.458. The molecule has 0 unspecified atom stereocenters. The number of ether oxygens (including phenoxy) is 1. The summed E-state index contributed by atoms with van der Waals surface area (Å²) in [6.45, 7) is 5.42. The molecule has 0 saturated heterocycles. The van der Waals surface area contributed by atoms with Gasteiger partial charge in [0.2, 0.25) is 0 Å². The fourth-order valence-electron chi connectivity index (χ4n) is 4.24. The molecule has 176 valence electrons. The van der Waals surface area contributed by atoms with Crippen molar-refractivity contribution < 1.29 is 13.9 Å². The lowest BCUT2D eigenvalue weighted by Gasteiger charge is -2.22. The second-order valence-electron chi connectivity index (χ2n) is 9.48. The number of hydrogen-bond acceptors (Lipinski definition) is 5. The van der Waals surface area contributed by atoms with Crippen LogP contribution in [0.5, 0.6) is 0 Å². The van der Waals surface area contributed by atoms with Gasteiger partial charge in [0, 0.05) is 18.4 Å². The molecule has 1 aromatic carbocycles. The quantitative estimate of drug-likeness (QED) is 0.495. The number of amides is 1. The molecule has 1 amide bonds. The van der Waals surface area contributed by atoms with E-state index < -0.39 is 17.5 Å². The molecule has 9 heteroatoms. The first kappa shape index (κ1) is 22.8. The van der Waals surface area contributed by atoms with Crippen molar-refractivity contribution in [1.82, 2.24) is 20.1 Å². The number of aromatic nitrogens is 3. The molecule has 2 aromatic heterocycles. The minimum absolute atomic E-state index is 0.0964. The van der Waals surface area contributed by atoms with Gasteiger partial charge in [-0.15, -0.1) is 0 Å². The molecule has 8 nitrogen and oxygen atoms in total. The number of pyridine rings is 1. The number of carbonyl (C=O) groups excluding carboxylic acids is 1. The molecule has 33 heavy (non-hydrogen) atoms. The molecule has 3 N–H and O–H groups in total. The number of carbonyl (C=O) groups is 1. The third-order valence-corrected chi connectivity index (χ3v) is 5.61. The molecule has 4 rings (SSSR count). The molecule has 0 radical (unpaired) electrons. The molecule has 0 bridgehead atoms. The molecule has 3 aromatic rings. The maximum absolute atomic E-state index is 14.3. The van der Waals surface area contributed by atoms with Crippen LogP contribution in [-0.2, 0) is 11.3 Å². The first-order chi connectivity index (χ1) is 15.7. The van der Waals surface area contributed by atoms with Crippen LogP contribution in [0.3, 0.4) is 0 Å². The van der Waals surface area contributed by atoms with E-state index in [0.29, 0.717) is 22.5 Å². The summed E-state index contributed by atoms with van der Waals surface area (Å²) in [4.78, 5) is 27.3. The van der Waals surface area contributed by atoms with Crippen molar-refractivity contribution in [3.8, 4) is 0 Å². The van der Waals surface area contributed by atoms with Gasteiger partial charge in [0.25, 0.3) is 5.56 Å². The standard InChI is InChI=1S/C24H30FN5O3/c1-24(2,3)33-23(32)27-14-15-11-16(25)13-17(12-15)28-21-20-19(9-10-26-22(20)31)30(29-21)18-7-5-4-6-8-18/h9-13,18H,4-8,14H2,1-3H3,(H,26,31)(H,27,32)(H,28,29). The lowest BCUT2D eigenvalue weighted by Crippen LogP contribution is -2.32. The number of halogens is 1. The normalized spacial score (nSPS) is 14.9. The summed E-state index contributed by atoms with van der Waals surface area (Å²) in [6.07, 6.45) is 6.56. The van der Waals surface area contributed by atoms with Crippen LogP contribution in [0.4, 0.5) is 20.7 Å². The van der Waals surface area contributed by atoms with Crippen LogP contribution in [0.1, 0.15) is 64.5 Å². The number of rotatable bonds is 5. The van der Waals surface area contributed by atoms with Crippen LogP contribution < -0.4 is 16.2 Å². The van der Waals surface area contributed by atoms with E-state index >= 15 is 0 Å². The number of hydrogen-bond donors (Lipinski definition) is 3. The van der Waals surface area contributed by atoms with Crippen LogP contribution in [0.15, 0.2) is 35.3 Å². The topological polar surface area (TPSA) is 101 Å². The van der Waals surface area contributed by atoms with Gasteiger partial charge in [-0.1, -0.05) is 19.3 Å². The fourth-order valence-corrected chi connectivity index (χ4v) is 4.24. The minimum Gasteiger partial charge on any atom is -0.444 e. The molecule has 0 atom stereocenters. The molecule has 2 heterocycles. The van der Waals surface area contributed by atoms with Crippen molar-refractivity contribution >= 4 is 28.5 Å². The van der Waals surface area contributed by atoms with Crippen molar-refractivity contribution in [3.05, 3.63) is 52.2 Å². The summed E-state index contributed by atoms with van der Waals surface area (Å²) < 4.78 is 21.5. The zero-order valence-corrected chi connectivity index (χ0v) is 19.2. The zero-order chi connectivity index (χ0) is 23.6. The van der Waals surface area contributed by atoms with E-state index in [2.05, 4.69) is 15.6 Å². The first-order valence-electron chi connectivity index (χ1n) is 11.3. The van der Waals surface area contributed by atoms with E-state index in [9.17, 15) is 14.0 Å². The molecule has 1 fully saturated rings. The number of H-pyrrole nitrogens is 1. The van der Waals surface area contributed by atoms with Gasteiger partial charge in [-0.05, 0) is 63.4 Å². The van der Waals surface area contributed by atoms with Gasteiger partial charge in [-0.25, -0.2) is 9.18 Å². The van der Waals surface area contributed by atoms with Crippen molar-refractivity contribution in [1.29, 1.82) is 0 Å². The van der Waals surface area contributed by atoms with Crippen LogP contribution >= 0.6 is 0 Å². The molecular weight excluding hydrogens is 425 g/mol. The van der Waals surface area contributed by atoms with Crippen LogP contribution in [0.2, 0.25) is 0 Å². The van der Waals surface area contributed by atoms with Crippen LogP contribution in [0.25, 0.3) is 10.9 Å². The molecule has 1 aliphatic rings. The van der Waals surface area contributed by atoms with Gasteiger partial charge in [0.1, 0.15) is 16.8 Å². The van der Waals surface area contributed by atoms with Crippen molar-refractivity contribution in [3.63, 3.8) is 0 Å². The Morgan fingerprint density at radius 3 is 2.73 bits per heavy atom. The van der Waals surface area contributed by atoms with Crippen LogP contribution in [0, 0.1) is 5.82 Å². The second-order valence-corrected chi connectivity index (χ2v) is 9.48. The lowest BCUT2D eigenvalue weighted by atomic mass is 9.95. The van der Waals surface area contributed by atoms with Gasteiger partial charge in [-0.3, -0.25) is 9.48 Å². The molecule has 0 aliphatic heterocycles. The number of nitrogens with one attached hydrogen (secondary N) is 3. The van der Waals surface area contributed by atoms with E-state index in [4.69, 9.17) is 9.84 Å². The van der Waals surface area contributed by atoms with E-state index in [1.54, 1.807) is 33.0 Å². The largest absolute Gasteiger partial charge is 0.444 e. The smallest absolute Gasteiger partial charge is 0.407 e. The third-order valence-electron chi connectivity index (χ3n) is 5.61. The highest BCUT2D eigenvalue weighted by atomic mass is 19.1. The second kappa shape index (κ2) is 9.25. The Bertz CT molecular complexity index is 1210. The van der Waals surface area contributed by atoms with E-state index in [1.165, 1.54) is 18.6 Å². The Morgan fingerprint density at radius 2 is 2.00 bits per heavy atom. The van der Waals surface area contributed by atoms with Gasteiger partial charge in [-0.2, -0.15) is 5.10 Å². The molecule has 0 spiro atoms. The van der Waals surface area contributed by atoms with E-state index in [-0.39, 0.29) is 18.1 Å². The predicted octanol–water partition coefficient (Wildman–Crippen LogP) is 5.14. The van der Waals surface area contributed by atoms with Gasteiger partial charge >= 0.3 is 6.09 Å². The maximum atomic E-state index is 14.3. The number of benzene rings is 1. The number of anilines is 2. The lowest BCUT2D eigenvalue weighted by molar-refractivity contribution is 0.0523. The molecule has 1 saturated carbocycles. The summed E-state index contributed by atoms with van der Waals surface area (Å²) in [7, 11) is 0. The summed E-state index contributed by atoms with van der Waals surface area (Å²) in [5, 5.41) is 10.9. The monoisotopic (exact) mass is 455 g/mol. The Kier molecular flexibility index (Phi) is 6.40. The molecular formula is C24H30FN5O3. The Morgan fingerprint density at radius 1 is 1.24 bits per heavy atom. The average Bonchev–Trinajstić information content (AvgIpc) is 3.11. The molecule has 1 aliphatic carbocycles. The first-order valence-corrected chi connectivity index (χ1v) is 11.3. The number of alkyl carbamates (subject to hydrolysis) is 1. The highest BCUT2D eigenvalue weighted by molar-refractivity contribution is 5.91. The number of aromatic amines is 1. The Hall–Kier alpha value is -3.36.